The summed E-state index contributed by atoms with van der Waals surface area (Å²) in [7, 11) is 0. The van der Waals surface area contributed by atoms with Gasteiger partial charge in [0.2, 0.25) is 0 Å². The van der Waals surface area contributed by atoms with E-state index in [0.717, 1.165) is 5.75 Å². The standard InChI is InChI=1S/C17H14ClNS/c18-16-8-5-12(9-17(16)19)11-20-15-7-6-13-3-1-2-4-14(13)10-15/h1-10H,11,19H2. The van der Waals surface area contributed by atoms with Gasteiger partial charge in [-0.2, -0.15) is 0 Å². The van der Waals surface area contributed by atoms with Gasteiger partial charge in [-0.1, -0.05) is 48.0 Å². The molecule has 0 saturated carbocycles. The van der Waals surface area contributed by atoms with E-state index in [2.05, 4.69) is 42.5 Å². The van der Waals surface area contributed by atoms with Crippen LogP contribution < -0.4 is 5.73 Å². The molecule has 0 heterocycles. The summed E-state index contributed by atoms with van der Waals surface area (Å²) < 4.78 is 0. The Labute approximate surface area is 127 Å². The number of anilines is 1. The Morgan fingerprint density at radius 3 is 2.50 bits per heavy atom. The van der Waals surface area contributed by atoms with Crippen LogP contribution in [0.15, 0.2) is 65.6 Å². The van der Waals surface area contributed by atoms with Crippen molar-refractivity contribution >= 4 is 39.8 Å². The van der Waals surface area contributed by atoms with Crippen molar-refractivity contribution in [1.82, 2.24) is 0 Å². The van der Waals surface area contributed by atoms with E-state index in [-0.39, 0.29) is 0 Å². The normalized spacial score (nSPS) is 10.8. The molecule has 0 saturated heterocycles. The number of rotatable bonds is 3. The van der Waals surface area contributed by atoms with Gasteiger partial charge < -0.3 is 5.73 Å². The smallest absolute Gasteiger partial charge is 0.0635 e. The van der Waals surface area contributed by atoms with E-state index < -0.39 is 0 Å². The number of nitrogen functional groups attached to an aromatic ring is 1. The van der Waals surface area contributed by atoms with Gasteiger partial charge in [-0.25, -0.2) is 0 Å². The number of thioether (sulfide) groups is 1. The van der Waals surface area contributed by atoms with Crippen LogP contribution in [0.25, 0.3) is 10.8 Å². The molecule has 3 heteroatoms. The van der Waals surface area contributed by atoms with Gasteiger partial charge in [0.1, 0.15) is 0 Å². The first-order valence-electron chi connectivity index (χ1n) is 6.38. The Morgan fingerprint density at radius 1 is 0.900 bits per heavy atom. The molecule has 0 aliphatic heterocycles. The van der Waals surface area contributed by atoms with Crippen LogP contribution in [0.4, 0.5) is 5.69 Å². The molecular weight excluding hydrogens is 286 g/mol. The Bertz CT molecular complexity index is 755. The van der Waals surface area contributed by atoms with Crippen molar-refractivity contribution in [3.63, 3.8) is 0 Å². The van der Waals surface area contributed by atoms with Crippen molar-refractivity contribution in [3.8, 4) is 0 Å². The molecule has 1 nitrogen and oxygen atoms in total. The van der Waals surface area contributed by atoms with Crippen LogP contribution in [-0.2, 0) is 5.75 Å². The zero-order valence-electron chi connectivity index (χ0n) is 10.8. The Kier molecular flexibility index (Phi) is 3.86. The second kappa shape index (κ2) is 5.78. The summed E-state index contributed by atoms with van der Waals surface area (Å²) in [5.41, 5.74) is 7.65. The molecule has 3 rings (SSSR count). The number of hydrogen-bond donors (Lipinski definition) is 1. The van der Waals surface area contributed by atoms with Crippen LogP contribution in [0.3, 0.4) is 0 Å². The predicted molar refractivity (Wildman–Crippen MR) is 89.4 cm³/mol. The Morgan fingerprint density at radius 2 is 1.70 bits per heavy atom. The SMILES string of the molecule is Nc1cc(CSc2ccc3ccccc3c2)ccc1Cl. The van der Waals surface area contributed by atoms with Crippen molar-refractivity contribution in [2.45, 2.75) is 10.6 Å². The molecule has 0 aliphatic carbocycles. The van der Waals surface area contributed by atoms with E-state index in [1.54, 1.807) is 11.8 Å². The van der Waals surface area contributed by atoms with E-state index >= 15 is 0 Å². The first-order chi connectivity index (χ1) is 9.72. The molecule has 0 radical (unpaired) electrons. The molecule has 100 valence electrons. The maximum atomic E-state index is 5.93. The predicted octanol–water partition coefficient (Wildman–Crippen LogP) is 5.37. The lowest BCUT2D eigenvalue weighted by atomic mass is 10.1. The molecule has 3 aromatic carbocycles. The van der Waals surface area contributed by atoms with Crippen molar-refractivity contribution in [2.75, 3.05) is 5.73 Å². The van der Waals surface area contributed by atoms with Gasteiger partial charge in [-0.15, -0.1) is 11.8 Å². The molecule has 3 aromatic rings. The Hall–Kier alpha value is -1.64. The monoisotopic (exact) mass is 299 g/mol. The van der Waals surface area contributed by atoms with Gasteiger partial charge in [0.15, 0.2) is 0 Å². The highest BCUT2D eigenvalue weighted by Crippen LogP contribution is 2.28. The fourth-order valence-corrected chi connectivity index (χ4v) is 3.11. The quantitative estimate of drug-likeness (QED) is 0.520. The van der Waals surface area contributed by atoms with Gasteiger partial charge >= 0.3 is 0 Å². The summed E-state index contributed by atoms with van der Waals surface area (Å²) in [5.74, 6) is 0.889. The third-order valence-corrected chi connectivity index (χ3v) is 4.60. The van der Waals surface area contributed by atoms with Crippen LogP contribution in [0, 0.1) is 0 Å². The third-order valence-electron chi connectivity index (χ3n) is 3.19. The number of hydrogen-bond acceptors (Lipinski definition) is 2. The summed E-state index contributed by atoms with van der Waals surface area (Å²) in [6, 6.07) is 20.8. The van der Waals surface area contributed by atoms with E-state index in [4.69, 9.17) is 17.3 Å². The fourth-order valence-electron chi connectivity index (χ4n) is 2.11. The maximum Gasteiger partial charge on any atom is 0.0635 e. The molecule has 0 aromatic heterocycles. The molecule has 0 atom stereocenters. The van der Waals surface area contributed by atoms with Gasteiger partial charge in [0.05, 0.1) is 10.7 Å². The molecule has 0 unspecified atom stereocenters. The van der Waals surface area contributed by atoms with Crippen LogP contribution in [0.2, 0.25) is 5.02 Å². The molecule has 0 bridgehead atoms. The minimum Gasteiger partial charge on any atom is -0.398 e. The number of benzene rings is 3. The van der Waals surface area contributed by atoms with Gasteiger partial charge in [0.25, 0.3) is 0 Å². The molecule has 2 N–H and O–H groups in total. The lowest BCUT2D eigenvalue weighted by Gasteiger charge is -2.06. The van der Waals surface area contributed by atoms with E-state index in [0.29, 0.717) is 10.7 Å². The first kappa shape index (κ1) is 13.3. The van der Waals surface area contributed by atoms with Crippen LogP contribution in [0.1, 0.15) is 5.56 Å². The molecule has 20 heavy (non-hydrogen) atoms. The molecule has 0 spiro atoms. The summed E-state index contributed by atoms with van der Waals surface area (Å²) in [5, 5.41) is 3.16. The van der Waals surface area contributed by atoms with Gasteiger partial charge in [-0.3, -0.25) is 0 Å². The molecule has 0 fully saturated rings. The highest BCUT2D eigenvalue weighted by molar-refractivity contribution is 7.98. The fraction of sp³-hybridized carbons (Fsp3) is 0.0588. The summed E-state index contributed by atoms with van der Waals surface area (Å²) in [6.45, 7) is 0. The van der Waals surface area contributed by atoms with Gasteiger partial charge in [0, 0.05) is 10.6 Å². The lowest BCUT2D eigenvalue weighted by molar-refractivity contribution is 1.39. The molecule has 0 aliphatic rings. The van der Waals surface area contributed by atoms with Crippen molar-refractivity contribution < 1.29 is 0 Å². The van der Waals surface area contributed by atoms with Crippen molar-refractivity contribution in [1.29, 1.82) is 0 Å². The maximum absolute atomic E-state index is 5.93. The van der Waals surface area contributed by atoms with Crippen LogP contribution in [0.5, 0.6) is 0 Å². The average molecular weight is 300 g/mol. The highest BCUT2D eigenvalue weighted by atomic mass is 35.5. The average Bonchev–Trinajstić information content (AvgIpc) is 2.48. The van der Waals surface area contributed by atoms with E-state index in [1.807, 2.05) is 18.2 Å². The second-order valence-corrected chi connectivity index (χ2v) is 6.11. The van der Waals surface area contributed by atoms with Crippen LogP contribution >= 0.6 is 23.4 Å². The van der Waals surface area contributed by atoms with E-state index in [1.165, 1.54) is 21.2 Å². The number of halogens is 1. The topological polar surface area (TPSA) is 26.0 Å². The zero-order valence-corrected chi connectivity index (χ0v) is 12.4. The van der Waals surface area contributed by atoms with Crippen LogP contribution in [-0.4, -0.2) is 0 Å². The summed E-state index contributed by atoms with van der Waals surface area (Å²) in [6.07, 6.45) is 0. The summed E-state index contributed by atoms with van der Waals surface area (Å²) >= 11 is 7.74. The third kappa shape index (κ3) is 2.92. The molecular formula is C17H14ClNS. The van der Waals surface area contributed by atoms with Crippen molar-refractivity contribution in [3.05, 3.63) is 71.2 Å². The second-order valence-electron chi connectivity index (χ2n) is 4.65. The minimum atomic E-state index is 0.615. The largest absolute Gasteiger partial charge is 0.398 e. The van der Waals surface area contributed by atoms with Gasteiger partial charge in [-0.05, 0) is 40.6 Å². The van der Waals surface area contributed by atoms with E-state index in [9.17, 15) is 0 Å². The first-order valence-corrected chi connectivity index (χ1v) is 7.74. The number of nitrogens with two attached hydrogens (primary N) is 1. The zero-order chi connectivity index (χ0) is 13.9. The highest BCUT2D eigenvalue weighted by Gasteiger charge is 2.01. The Balaban J connectivity index is 1.77. The lowest BCUT2D eigenvalue weighted by Crippen LogP contribution is -1.89. The summed E-state index contributed by atoms with van der Waals surface area (Å²) in [4.78, 5) is 1.26. The molecule has 0 amide bonds. The minimum absolute atomic E-state index is 0.615. The number of fused-ring (bicyclic) bond motifs is 1. The van der Waals surface area contributed by atoms with Crippen molar-refractivity contribution in [2.24, 2.45) is 0 Å².